The molecule has 1 aromatic carbocycles. The van der Waals surface area contributed by atoms with Gasteiger partial charge in [-0.25, -0.2) is 0 Å². The van der Waals surface area contributed by atoms with E-state index in [1.807, 2.05) is 0 Å². The Labute approximate surface area is 220 Å². The van der Waals surface area contributed by atoms with Crippen LogP contribution in [0.1, 0.15) is 140 Å². The predicted octanol–water partition coefficient (Wildman–Crippen LogP) is 9.61. The van der Waals surface area contributed by atoms with E-state index in [2.05, 4.69) is 38.1 Å². The van der Waals surface area contributed by atoms with Gasteiger partial charge in [0.1, 0.15) is 0 Å². The normalized spacial score (nSPS) is 30.5. The number of benzene rings is 1. The zero-order chi connectivity index (χ0) is 24.5. The lowest BCUT2D eigenvalue weighted by molar-refractivity contribution is 0.0225. The molecule has 2 saturated carbocycles. The number of hydrogen-bond donors (Lipinski definition) is 0. The van der Waals surface area contributed by atoms with Gasteiger partial charge < -0.3 is 0 Å². The summed E-state index contributed by atoms with van der Waals surface area (Å²) in [6, 6.07) is 9.51. The van der Waals surface area contributed by atoms with Crippen LogP contribution in [0.4, 0.5) is 0 Å². The summed E-state index contributed by atoms with van der Waals surface area (Å²) >= 11 is 0. The van der Waals surface area contributed by atoms with Crippen molar-refractivity contribution in [1.82, 2.24) is 0 Å². The van der Waals surface area contributed by atoms with Gasteiger partial charge in [0.05, 0.1) is 0 Å². The lowest BCUT2D eigenvalue weighted by atomic mass is 9.52. The Bertz CT molecular complexity index is 787. The van der Waals surface area contributed by atoms with Crippen molar-refractivity contribution in [2.24, 2.45) is 23.2 Å². The highest BCUT2D eigenvalue weighted by molar-refractivity contribution is 7.84. The predicted molar refractivity (Wildman–Crippen MR) is 154 cm³/mol. The van der Waals surface area contributed by atoms with E-state index >= 15 is 0 Å². The molecule has 4 rings (SSSR count). The summed E-state index contributed by atoms with van der Waals surface area (Å²) in [4.78, 5) is 0. The molecule has 1 nitrogen and oxygen atoms in total. The monoisotopic (exact) mass is 498 g/mol. The van der Waals surface area contributed by atoms with Gasteiger partial charge in [-0.2, -0.15) is 0 Å². The van der Waals surface area contributed by atoms with Gasteiger partial charge in [-0.15, -0.1) is 0 Å². The Morgan fingerprint density at radius 3 is 2.31 bits per heavy atom. The molecule has 6 atom stereocenters. The first-order valence-corrected chi connectivity index (χ1v) is 17.0. The minimum absolute atomic E-state index is 0.554. The first-order valence-electron chi connectivity index (χ1n) is 15.5. The second-order valence-corrected chi connectivity index (χ2v) is 14.4. The molecule has 1 unspecified atom stereocenters. The molecule has 198 valence electrons. The molecule has 0 bridgehead atoms. The third-order valence-corrected chi connectivity index (χ3v) is 11.8. The fourth-order valence-electron chi connectivity index (χ4n) is 8.31. The van der Waals surface area contributed by atoms with Crippen LogP contribution in [0.25, 0.3) is 0 Å². The second kappa shape index (κ2) is 13.8. The Morgan fingerprint density at radius 2 is 1.54 bits per heavy atom. The molecular weight excluding hydrogens is 444 g/mol. The van der Waals surface area contributed by atoms with E-state index in [-0.39, 0.29) is 0 Å². The van der Waals surface area contributed by atoms with Crippen LogP contribution in [0.3, 0.4) is 0 Å². The van der Waals surface area contributed by atoms with E-state index in [9.17, 15) is 4.21 Å². The fourth-order valence-corrected chi connectivity index (χ4v) is 9.66. The molecular formula is C33H54OS. The molecule has 3 aliphatic carbocycles. The molecule has 0 heterocycles. The molecule has 35 heavy (non-hydrogen) atoms. The van der Waals surface area contributed by atoms with Crippen molar-refractivity contribution in [2.75, 3.05) is 11.5 Å². The highest BCUT2D eigenvalue weighted by atomic mass is 32.2. The van der Waals surface area contributed by atoms with Gasteiger partial charge in [0, 0.05) is 22.3 Å². The van der Waals surface area contributed by atoms with Crippen molar-refractivity contribution in [3.8, 4) is 0 Å². The summed E-state index contributed by atoms with van der Waals surface area (Å²) in [5.41, 5.74) is 4.07. The van der Waals surface area contributed by atoms with Crippen LogP contribution >= 0.6 is 0 Å². The standard InChI is InChI=1S/C33H54OS/c1-3-4-24-35(34)25-15-11-9-7-5-6-8-10-12-18-28-26-27-17-13-14-19-29(27)30-21-23-33(2)22-16-20-31(33)32(28)30/h13-14,17,19,28,30-32H,3-12,15-16,18,20-26H2,1-2H3/t28-,30-,31+,32-,33+,35?/m1/s1. The van der Waals surface area contributed by atoms with Crippen LogP contribution in [0.2, 0.25) is 0 Å². The van der Waals surface area contributed by atoms with Crippen molar-refractivity contribution >= 4 is 10.8 Å². The fraction of sp³-hybridized carbons (Fsp3) is 0.818. The van der Waals surface area contributed by atoms with Crippen molar-refractivity contribution < 1.29 is 4.21 Å². The van der Waals surface area contributed by atoms with E-state index in [4.69, 9.17) is 0 Å². The SMILES string of the molecule is CCCCS(=O)CCCCCCCCCCC[C@@H]1Cc2ccccc2[C@H]2CC[C@]3(C)CCC[C@H]3[C@H]12. The highest BCUT2D eigenvalue weighted by Gasteiger charge is 2.52. The minimum Gasteiger partial charge on any atom is -0.260 e. The van der Waals surface area contributed by atoms with Crippen LogP contribution < -0.4 is 0 Å². The van der Waals surface area contributed by atoms with Gasteiger partial charge in [-0.1, -0.05) is 102 Å². The number of unbranched alkanes of at least 4 members (excludes halogenated alkanes) is 9. The first-order chi connectivity index (χ1) is 17.1. The van der Waals surface area contributed by atoms with Crippen molar-refractivity contribution in [3.63, 3.8) is 0 Å². The maximum Gasteiger partial charge on any atom is 0.0234 e. The average molecular weight is 499 g/mol. The van der Waals surface area contributed by atoms with Crippen LogP contribution in [-0.4, -0.2) is 15.7 Å². The van der Waals surface area contributed by atoms with E-state index < -0.39 is 10.8 Å². The van der Waals surface area contributed by atoms with Crippen LogP contribution in [-0.2, 0) is 17.2 Å². The Balaban J connectivity index is 1.14. The lowest BCUT2D eigenvalue weighted by Crippen LogP contribution is -2.44. The Kier molecular flexibility index (Phi) is 10.8. The van der Waals surface area contributed by atoms with Gasteiger partial charge in [0.25, 0.3) is 0 Å². The largest absolute Gasteiger partial charge is 0.260 e. The summed E-state index contributed by atoms with van der Waals surface area (Å²) in [5.74, 6) is 5.59. The minimum atomic E-state index is -0.554. The molecule has 0 N–H and O–H groups in total. The highest BCUT2D eigenvalue weighted by Crippen LogP contribution is 2.62. The van der Waals surface area contributed by atoms with E-state index in [0.29, 0.717) is 5.41 Å². The Morgan fingerprint density at radius 1 is 0.857 bits per heavy atom. The summed E-state index contributed by atoms with van der Waals surface area (Å²) in [5, 5.41) is 0. The number of fused-ring (bicyclic) bond motifs is 5. The molecule has 3 aliphatic rings. The Hall–Kier alpha value is -0.630. The van der Waals surface area contributed by atoms with Crippen molar-refractivity contribution in [1.29, 1.82) is 0 Å². The molecule has 2 heteroatoms. The smallest absolute Gasteiger partial charge is 0.0234 e. The zero-order valence-electron chi connectivity index (χ0n) is 23.1. The van der Waals surface area contributed by atoms with Crippen LogP contribution in [0.15, 0.2) is 24.3 Å². The molecule has 0 radical (unpaired) electrons. The van der Waals surface area contributed by atoms with Crippen molar-refractivity contribution in [3.05, 3.63) is 35.4 Å². The van der Waals surface area contributed by atoms with E-state index in [1.165, 1.54) is 109 Å². The average Bonchev–Trinajstić information content (AvgIpc) is 3.27. The van der Waals surface area contributed by atoms with Gasteiger partial charge in [0.15, 0.2) is 0 Å². The van der Waals surface area contributed by atoms with E-state index in [1.54, 1.807) is 11.1 Å². The third kappa shape index (κ3) is 7.24. The first kappa shape index (κ1) is 27.4. The quantitative estimate of drug-likeness (QED) is 0.220. The summed E-state index contributed by atoms with van der Waals surface area (Å²) in [6.07, 6.45) is 24.8. The maximum atomic E-state index is 11.9. The molecule has 2 fully saturated rings. The zero-order valence-corrected chi connectivity index (χ0v) is 23.9. The second-order valence-electron chi connectivity index (χ2n) is 12.7. The lowest BCUT2D eigenvalue weighted by Gasteiger charge is -2.52. The van der Waals surface area contributed by atoms with Crippen LogP contribution in [0.5, 0.6) is 0 Å². The number of hydrogen-bond acceptors (Lipinski definition) is 1. The number of rotatable bonds is 15. The molecule has 0 amide bonds. The summed E-state index contributed by atoms with van der Waals surface area (Å²) in [6.45, 7) is 4.83. The topological polar surface area (TPSA) is 17.1 Å². The summed E-state index contributed by atoms with van der Waals surface area (Å²) < 4.78 is 11.9. The van der Waals surface area contributed by atoms with Gasteiger partial charge in [-0.05, 0) is 91.6 Å². The molecule has 0 saturated heterocycles. The van der Waals surface area contributed by atoms with Crippen molar-refractivity contribution in [2.45, 2.75) is 135 Å². The molecule has 1 aromatic rings. The molecule has 0 aromatic heterocycles. The maximum absolute atomic E-state index is 11.9. The van der Waals surface area contributed by atoms with Gasteiger partial charge in [-0.3, -0.25) is 4.21 Å². The third-order valence-electron chi connectivity index (χ3n) is 10.3. The molecule has 0 spiro atoms. The van der Waals surface area contributed by atoms with Crippen LogP contribution in [0, 0.1) is 23.2 Å². The van der Waals surface area contributed by atoms with Gasteiger partial charge in [0.2, 0.25) is 0 Å². The summed E-state index contributed by atoms with van der Waals surface area (Å²) in [7, 11) is -0.554. The van der Waals surface area contributed by atoms with Gasteiger partial charge >= 0.3 is 0 Å². The molecule has 0 aliphatic heterocycles. The van der Waals surface area contributed by atoms with E-state index in [0.717, 1.165) is 41.6 Å².